The van der Waals surface area contributed by atoms with Crippen molar-refractivity contribution in [1.82, 2.24) is 14.9 Å². The van der Waals surface area contributed by atoms with Crippen molar-refractivity contribution in [3.63, 3.8) is 0 Å². The highest BCUT2D eigenvalue weighted by Gasteiger charge is 2.35. The molecule has 0 bridgehead atoms. The topological polar surface area (TPSA) is 99.5 Å². The average Bonchev–Trinajstić information content (AvgIpc) is 3.39. The maximum Gasteiger partial charge on any atom is 1.00 e. The number of carbonyl (C=O) groups is 3. The van der Waals surface area contributed by atoms with Crippen molar-refractivity contribution in [3.05, 3.63) is 54.1 Å². The van der Waals surface area contributed by atoms with Crippen LogP contribution in [0.25, 0.3) is 22.4 Å². The monoisotopic (exact) mass is 581 g/mol. The van der Waals surface area contributed by atoms with Crippen molar-refractivity contribution < 1.29 is 37.7 Å². The first kappa shape index (κ1) is 30.6. The van der Waals surface area contributed by atoms with Crippen molar-refractivity contribution in [2.24, 2.45) is 17.8 Å². The van der Waals surface area contributed by atoms with Crippen LogP contribution in [-0.2, 0) is 19.1 Å². The molecule has 1 unspecified atom stereocenters. The Labute approximate surface area is 249 Å². The molecular weight excluding hydrogens is 542 g/mol. The van der Waals surface area contributed by atoms with Crippen LogP contribution in [-0.4, -0.2) is 48.2 Å². The summed E-state index contributed by atoms with van der Waals surface area (Å²) in [6.07, 6.45) is 8.82. The second-order valence-corrected chi connectivity index (χ2v) is 11.2. The van der Waals surface area contributed by atoms with Crippen LogP contribution in [0.2, 0.25) is 0 Å². The first-order valence-corrected chi connectivity index (χ1v) is 14.5. The van der Waals surface area contributed by atoms with E-state index in [0.29, 0.717) is 18.0 Å². The van der Waals surface area contributed by atoms with E-state index < -0.39 is 6.04 Å². The van der Waals surface area contributed by atoms with Gasteiger partial charge in [0.2, 0.25) is 5.91 Å². The van der Waals surface area contributed by atoms with Gasteiger partial charge in [-0.15, -0.1) is 0 Å². The third-order valence-electron chi connectivity index (χ3n) is 8.75. The number of para-hydroxylation sites is 2. The number of hydrogen-bond acceptors (Lipinski definition) is 6. The molecule has 0 saturated heterocycles. The Morgan fingerprint density at radius 2 is 1.61 bits per heavy atom. The predicted molar refractivity (Wildman–Crippen MR) is 154 cm³/mol. The van der Waals surface area contributed by atoms with E-state index >= 15 is 0 Å². The number of benzene rings is 2. The number of rotatable bonds is 8. The molecule has 0 radical (unpaired) electrons. The predicted octanol–water partition coefficient (Wildman–Crippen LogP) is 2.82. The largest absolute Gasteiger partial charge is 1.00 e. The number of fused-ring (bicyclic) bond motifs is 1. The minimum atomic E-state index is -0.394. The molecule has 3 aromatic rings. The Morgan fingerprint density at radius 1 is 0.927 bits per heavy atom. The van der Waals surface area contributed by atoms with Crippen molar-refractivity contribution >= 4 is 28.9 Å². The third kappa shape index (κ3) is 6.75. The lowest BCUT2D eigenvalue weighted by Crippen LogP contribution is -3.00. The summed E-state index contributed by atoms with van der Waals surface area (Å²) in [6.45, 7) is 0.603. The summed E-state index contributed by atoms with van der Waals surface area (Å²) in [5, 5.41) is 3.31. The molecule has 220 valence electrons. The molecule has 2 aliphatic rings. The molecule has 2 fully saturated rings. The van der Waals surface area contributed by atoms with Gasteiger partial charge in [0.25, 0.3) is 0 Å². The molecule has 8 nitrogen and oxygen atoms in total. The van der Waals surface area contributed by atoms with Crippen LogP contribution in [0, 0.1) is 17.8 Å². The number of nitrogens with one attached hydrogen (secondary N) is 1. The van der Waals surface area contributed by atoms with E-state index in [1.54, 1.807) is 12.1 Å². The van der Waals surface area contributed by atoms with E-state index in [0.717, 1.165) is 73.8 Å². The molecule has 41 heavy (non-hydrogen) atoms. The maximum absolute atomic E-state index is 14.1. The lowest BCUT2D eigenvalue weighted by Gasteiger charge is -2.33. The van der Waals surface area contributed by atoms with Gasteiger partial charge in [-0.1, -0.05) is 43.5 Å². The number of ether oxygens (including phenoxy) is 2. The second-order valence-electron chi connectivity index (χ2n) is 11.2. The normalized spacial score (nSPS) is 20.0. The highest BCUT2D eigenvalue weighted by atomic mass is 35.5. The Morgan fingerprint density at radius 3 is 2.27 bits per heavy atom. The number of halogens is 1. The molecule has 1 aromatic heterocycles. The second kappa shape index (κ2) is 14.0. The fraction of sp³-hybridized carbons (Fsp3) is 0.500. The maximum atomic E-state index is 14.1. The van der Waals surface area contributed by atoms with E-state index in [4.69, 9.17) is 14.5 Å². The van der Waals surface area contributed by atoms with Crippen LogP contribution in [0.3, 0.4) is 0 Å². The fourth-order valence-corrected chi connectivity index (χ4v) is 6.51. The molecular formula is C32H40ClN3O5. The molecule has 1 amide bonds. The third-order valence-corrected chi connectivity index (χ3v) is 8.75. The number of amides is 1. The van der Waals surface area contributed by atoms with Crippen molar-refractivity contribution in [3.8, 4) is 11.4 Å². The van der Waals surface area contributed by atoms with Gasteiger partial charge in [0.1, 0.15) is 11.9 Å². The van der Waals surface area contributed by atoms with Crippen LogP contribution in [0.15, 0.2) is 48.5 Å². The first-order valence-electron chi connectivity index (χ1n) is 14.5. The standard InChI is InChI=1S/C32H39N3O5.ClH/c1-39-31(37)24-14-12-21(13-15-24)20-33-30(36)28(22-8-4-3-5-9-22)35-27-11-7-6-10-26(27)34-29(35)23-16-18-25(19-17-23)32(38)40-2;/h6-7,10-11,16-19,21-22,24,28H,3-5,8-9,12-15,20H2,1-2H3,(H,33,36);1H. The molecule has 2 aromatic carbocycles. The van der Waals surface area contributed by atoms with Crippen molar-refractivity contribution in [2.45, 2.75) is 63.8 Å². The number of hydrogen-bond donors (Lipinski definition) is 1. The Kier molecular flexibility index (Phi) is 10.4. The van der Waals surface area contributed by atoms with E-state index in [-0.39, 0.29) is 43.5 Å². The van der Waals surface area contributed by atoms with Crippen LogP contribution in [0.1, 0.15) is 75.6 Å². The number of esters is 2. The molecule has 2 saturated carbocycles. The van der Waals surface area contributed by atoms with E-state index in [1.807, 2.05) is 36.4 Å². The molecule has 0 spiro atoms. The summed E-state index contributed by atoms with van der Waals surface area (Å²) in [4.78, 5) is 43.1. The smallest absolute Gasteiger partial charge is 1.00 e. The number of nitrogens with zero attached hydrogens (tertiary/aromatic N) is 2. The lowest BCUT2D eigenvalue weighted by atomic mass is 9.81. The molecule has 0 aliphatic heterocycles. The Balaban J connectivity index is 0.00000242. The summed E-state index contributed by atoms with van der Waals surface area (Å²) in [5.41, 5.74) is 3.08. The molecule has 1 atom stereocenters. The molecule has 2 aliphatic carbocycles. The van der Waals surface area contributed by atoms with Crippen LogP contribution < -0.4 is 17.7 Å². The average molecular weight is 582 g/mol. The summed E-state index contributed by atoms with van der Waals surface area (Å²) in [5.74, 6) is 0.757. The van der Waals surface area contributed by atoms with E-state index in [9.17, 15) is 14.4 Å². The Hall–Kier alpha value is -3.39. The molecule has 5 rings (SSSR count). The van der Waals surface area contributed by atoms with E-state index in [1.165, 1.54) is 20.6 Å². The zero-order valence-corrected chi connectivity index (χ0v) is 24.6. The van der Waals surface area contributed by atoms with Gasteiger partial charge < -0.3 is 31.8 Å². The fourth-order valence-electron chi connectivity index (χ4n) is 6.51. The number of methoxy groups -OCH3 is 2. The summed E-state index contributed by atoms with van der Waals surface area (Å²) < 4.78 is 11.9. The highest BCUT2D eigenvalue weighted by molar-refractivity contribution is 5.91. The number of imidazole rings is 1. The van der Waals surface area contributed by atoms with Gasteiger partial charge >= 0.3 is 13.4 Å². The minimum absolute atomic E-state index is 0. The van der Waals surface area contributed by atoms with Gasteiger partial charge in [-0.2, -0.15) is 0 Å². The zero-order valence-electron chi connectivity index (χ0n) is 24.8. The number of carbonyl (C=O) groups excluding carboxylic acids is 3. The van der Waals surface area contributed by atoms with Crippen molar-refractivity contribution in [2.75, 3.05) is 20.8 Å². The number of aromatic nitrogens is 2. The SMILES string of the molecule is COC(=O)c1ccc(-c2nc3ccccc3n2C(C(=O)NCC2CCC(C(=O)OC)CC2)C2CCCCC2)cc1.[Cl-].[H+]. The van der Waals surface area contributed by atoms with Gasteiger partial charge in [0, 0.05) is 12.1 Å². The summed E-state index contributed by atoms with van der Waals surface area (Å²) in [6, 6.07) is 14.8. The lowest BCUT2D eigenvalue weighted by molar-refractivity contribution is -0.146. The van der Waals surface area contributed by atoms with Gasteiger partial charge in [-0.05, 0) is 74.6 Å². The zero-order chi connectivity index (χ0) is 28.1. The Bertz CT molecular complexity index is 1350. The van der Waals surface area contributed by atoms with Crippen molar-refractivity contribution in [1.29, 1.82) is 0 Å². The van der Waals surface area contributed by atoms with Gasteiger partial charge in [0.05, 0.1) is 36.7 Å². The van der Waals surface area contributed by atoms with Crippen LogP contribution in [0.4, 0.5) is 0 Å². The van der Waals surface area contributed by atoms with E-state index in [2.05, 4.69) is 9.88 Å². The van der Waals surface area contributed by atoms with Gasteiger partial charge in [-0.25, -0.2) is 9.78 Å². The molecule has 1 N–H and O–H groups in total. The van der Waals surface area contributed by atoms with Crippen LogP contribution >= 0.6 is 0 Å². The molecule has 9 heteroatoms. The summed E-state index contributed by atoms with van der Waals surface area (Å²) >= 11 is 0. The quantitative estimate of drug-likeness (QED) is 0.411. The first-order chi connectivity index (χ1) is 19.5. The highest BCUT2D eigenvalue weighted by Crippen LogP contribution is 2.38. The summed E-state index contributed by atoms with van der Waals surface area (Å²) in [7, 11) is 2.81. The minimum Gasteiger partial charge on any atom is -1.00 e. The van der Waals surface area contributed by atoms with Gasteiger partial charge in [-0.3, -0.25) is 9.59 Å². The molecule has 1 heterocycles. The van der Waals surface area contributed by atoms with Crippen LogP contribution in [0.5, 0.6) is 0 Å². The van der Waals surface area contributed by atoms with Gasteiger partial charge in [0.15, 0.2) is 0 Å².